The summed E-state index contributed by atoms with van der Waals surface area (Å²) in [6.45, 7) is 8.45. The summed E-state index contributed by atoms with van der Waals surface area (Å²) in [6, 6.07) is 0. The van der Waals surface area contributed by atoms with Crippen LogP contribution < -0.4 is 0 Å². The molecular weight excluding hydrogens is 140 g/mol. The molecule has 0 bridgehead atoms. The van der Waals surface area contributed by atoms with Gasteiger partial charge in [-0.2, -0.15) is 0 Å². The molecule has 0 radical (unpaired) electrons. The van der Waals surface area contributed by atoms with Crippen molar-refractivity contribution >= 4 is 6.47 Å². The zero-order valence-corrected chi connectivity index (χ0v) is 7.51. The van der Waals surface area contributed by atoms with Crippen LogP contribution in [0.5, 0.6) is 0 Å². The Balaban J connectivity index is 0. The van der Waals surface area contributed by atoms with Crippen molar-refractivity contribution in [2.45, 2.75) is 33.1 Å². The second-order valence-electron chi connectivity index (χ2n) is 1.98. The Bertz CT molecular complexity index is 79.6. The second kappa shape index (κ2) is 16.1. The van der Waals surface area contributed by atoms with E-state index in [2.05, 4.69) is 18.2 Å². The summed E-state index contributed by atoms with van der Waals surface area (Å²) in [5.41, 5.74) is 0. The number of hydrogen-bond acceptors (Lipinski definition) is 2. The highest BCUT2D eigenvalue weighted by Gasteiger charge is 1.71. The highest BCUT2D eigenvalue weighted by Crippen LogP contribution is 1.91. The van der Waals surface area contributed by atoms with E-state index < -0.39 is 0 Å². The van der Waals surface area contributed by atoms with Gasteiger partial charge >= 0.3 is 0 Å². The number of unbranched alkanes of at least 4 members (excludes halogenated alkanes) is 2. The third-order valence-corrected chi connectivity index (χ3v) is 0.997. The Morgan fingerprint density at radius 2 is 2.09 bits per heavy atom. The largest absolute Gasteiger partial charge is 0.468 e. The van der Waals surface area contributed by atoms with Crippen LogP contribution in [-0.2, 0) is 9.53 Å². The van der Waals surface area contributed by atoms with E-state index in [0.29, 0.717) is 13.1 Å². The van der Waals surface area contributed by atoms with Crippen molar-refractivity contribution in [3.63, 3.8) is 0 Å². The van der Waals surface area contributed by atoms with Crippen LogP contribution in [0.1, 0.15) is 33.1 Å². The maximum atomic E-state index is 9.18. The number of ether oxygens (including phenoxy) is 1. The van der Waals surface area contributed by atoms with Crippen molar-refractivity contribution in [1.29, 1.82) is 0 Å². The van der Waals surface area contributed by atoms with Crippen molar-refractivity contribution in [2.24, 2.45) is 0 Å². The minimum Gasteiger partial charge on any atom is -0.468 e. The first-order valence-electron chi connectivity index (χ1n) is 3.99. The zero-order chi connectivity index (χ0) is 8.95. The number of carbonyl (C=O) groups is 1. The topological polar surface area (TPSA) is 26.3 Å². The second-order valence-corrected chi connectivity index (χ2v) is 1.98. The van der Waals surface area contributed by atoms with Gasteiger partial charge in [0.25, 0.3) is 6.47 Å². The van der Waals surface area contributed by atoms with Gasteiger partial charge in [-0.15, -0.1) is 6.58 Å². The Labute approximate surface area is 69.3 Å². The van der Waals surface area contributed by atoms with Gasteiger partial charge in [0.15, 0.2) is 0 Å². The zero-order valence-electron chi connectivity index (χ0n) is 7.51. The third kappa shape index (κ3) is 27.0. The fourth-order valence-electron chi connectivity index (χ4n) is 0.417. The molecule has 0 rings (SSSR count). The SMILES string of the molecule is C=CCCCC.CCOC=O. The maximum Gasteiger partial charge on any atom is 0.293 e. The lowest BCUT2D eigenvalue weighted by molar-refractivity contribution is -0.128. The monoisotopic (exact) mass is 158 g/mol. The first-order valence-corrected chi connectivity index (χ1v) is 3.99. The molecule has 0 aromatic carbocycles. The normalized spacial score (nSPS) is 7.45. The van der Waals surface area contributed by atoms with Crippen LogP contribution in [-0.4, -0.2) is 13.1 Å². The predicted octanol–water partition coefficient (Wildman–Crippen LogP) is 2.54. The summed E-state index contributed by atoms with van der Waals surface area (Å²) >= 11 is 0. The molecule has 0 heterocycles. The highest BCUT2D eigenvalue weighted by atomic mass is 16.5. The van der Waals surface area contributed by atoms with Gasteiger partial charge in [0, 0.05) is 0 Å². The molecule has 0 fully saturated rings. The summed E-state index contributed by atoms with van der Waals surface area (Å²) < 4.78 is 4.15. The molecule has 0 aliphatic rings. The molecule has 11 heavy (non-hydrogen) atoms. The average molecular weight is 158 g/mol. The number of hydrogen-bond donors (Lipinski definition) is 0. The molecule has 0 unspecified atom stereocenters. The molecule has 2 nitrogen and oxygen atoms in total. The predicted molar refractivity (Wildman–Crippen MR) is 47.4 cm³/mol. The Morgan fingerprint density at radius 1 is 1.45 bits per heavy atom. The summed E-state index contributed by atoms with van der Waals surface area (Å²) in [5, 5.41) is 0. The highest BCUT2D eigenvalue weighted by molar-refractivity contribution is 5.36. The Kier molecular flexibility index (Phi) is 18.8. The van der Waals surface area contributed by atoms with Crippen molar-refractivity contribution in [3.05, 3.63) is 12.7 Å². The van der Waals surface area contributed by atoms with Gasteiger partial charge in [-0.3, -0.25) is 4.79 Å². The van der Waals surface area contributed by atoms with Crippen molar-refractivity contribution < 1.29 is 9.53 Å². The molecular formula is C9H18O2. The van der Waals surface area contributed by atoms with E-state index in [4.69, 9.17) is 0 Å². The lowest BCUT2D eigenvalue weighted by Gasteiger charge is -1.81. The summed E-state index contributed by atoms with van der Waals surface area (Å²) in [7, 11) is 0. The first kappa shape index (κ1) is 12.8. The van der Waals surface area contributed by atoms with Crippen molar-refractivity contribution in [2.75, 3.05) is 6.61 Å². The molecule has 0 N–H and O–H groups in total. The summed E-state index contributed by atoms with van der Waals surface area (Å²) in [6.07, 6.45) is 5.72. The van der Waals surface area contributed by atoms with Crippen LogP contribution in [0, 0.1) is 0 Å². The van der Waals surface area contributed by atoms with Crippen LogP contribution in [0.15, 0.2) is 12.7 Å². The average Bonchev–Trinajstić information content (AvgIpc) is 2.04. The van der Waals surface area contributed by atoms with Crippen LogP contribution in [0.3, 0.4) is 0 Å². The molecule has 0 saturated heterocycles. The molecule has 0 aromatic heterocycles. The molecule has 66 valence electrons. The molecule has 0 aliphatic heterocycles. The Morgan fingerprint density at radius 3 is 2.18 bits per heavy atom. The van der Waals surface area contributed by atoms with Gasteiger partial charge in [-0.1, -0.05) is 25.8 Å². The van der Waals surface area contributed by atoms with E-state index in [9.17, 15) is 4.79 Å². The first-order chi connectivity index (χ1) is 5.33. The molecule has 0 atom stereocenters. The fourth-order valence-corrected chi connectivity index (χ4v) is 0.417. The quantitative estimate of drug-likeness (QED) is 0.349. The van der Waals surface area contributed by atoms with Crippen LogP contribution in [0.25, 0.3) is 0 Å². The van der Waals surface area contributed by atoms with E-state index in [0.717, 1.165) is 0 Å². The van der Waals surface area contributed by atoms with E-state index in [1.807, 2.05) is 6.08 Å². The van der Waals surface area contributed by atoms with Gasteiger partial charge in [0.05, 0.1) is 6.61 Å². The molecule has 0 saturated carbocycles. The minimum absolute atomic E-state index is 0.431. The number of allylic oxidation sites excluding steroid dienone is 1. The lowest BCUT2D eigenvalue weighted by Crippen LogP contribution is -1.80. The Hall–Kier alpha value is -0.790. The number of carbonyl (C=O) groups excluding carboxylic acids is 1. The smallest absolute Gasteiger partial charge is 0.293 e. The molecule has 2 heteroatoms. The molecule has 0 aliphatic carbocycles. The standard InChI is InChI=1S/C6H12.C3H6O2/c1-3-5-6-4-2;1-2-5-3-4/h3H,1,4-6H2,2H3;3H,2H2,1H3. The van der Waals surface area contributed by atoms with E-state index in [-0.39, 0.29) is 0 Å². The van der Waals surface area contributed by atoms with Crippen LogP contribution in [0.2, 0.25) is 0 Å². The van der Waals surface area contributed by atoms with Crippen LogP contribution >= 0.6 is 0 Å². The molecule has 0 amide bonds. The van der Waals surface area contributed by atoms with E-state index in [1.54, 1.807) is 6.92 Å². The fraction of sp³-hybridized carbons (Fsp3) is 0.667. The van der Waals surface area contributed by atoms with Gasteiger partial charge in [-0.25, -0.2) is 0 Å². The van der Waals surface area contributed by atoms with E-state index >= 15 is 0 Å². The third-order valence-electron chi connectivity index (χ3n) is 0.997. The molecule has 0 spiro atoms. The molecule has 0 aromatic rings. The minimum atomic E-state index is 0.431. The summed E-state index contributed by atoms with van der Waals surface area (Å²) in [5.74, 6) is 0. The van der Waals surface area contributed by atoms with Gasteiger partial charge < -0.3 is 4.74 Å². The van der Waals surface area contributed by atoms with Gasteiger partial charge in [0.2, 0.25) is 0 Å². The van der Waals surface area contributed by atoms with Gasteiger partial charge in [-0.05, 0) is 13.3 Å². The summed E-state index contributed by atoms with van der Waals surface area (Å²) in [4.78, 5) is 9.18. The lowest BCUT2D eigenvalue weighted by atomic mass is 10.3. The van der Waals surface area contributed by atoms with Crippen molar-refractivity contribution in [3.8, 4) is 0 Å². The number of rotatable bonds is 5. The van der Waals surface area contributed by atoms with E-state index in [1.165, 1.54) is 19.3 Å². The van der Waals surface area contributed by atoms with Gasteiger partial charge in [0.1, 0.15) is 0 Å². The van der Waals surface area contributed by atoms with Crippen molar-refractivity contribution in [1.82, 2.24) is 0 Å². The van der Waals surface area contributed by atoms with Crippen LogP contribution in [0.4, 0.5) is 0 Å². The maximum absolute atomic E-state index is 9.18.